The van der Waals surface area contributed by atoms with Gasteiger partial charge in [-0.05, 0) is 30.7 Å². The van der Waals surface area contributed by atoms with Crippen LogP contribution in [0, 0.1) is 5.82 Å². The summed E-state index contributed by atoms with van der Waals surface area (Å²) in [6, 6.07) is 13.9. The molecule has 3 rings (SSSR count). The third kappa shape index (κ3) is 2.85. The molecule has 0 spiro atoms. The zero-order chi connectivity index (χ0) is 15.7. The number of thiophene rings is 1. The Kier molecular flexibility index (Phi) is 4.14. The summed E-state index contributed by atoms with van der Waals surface area (Å²) in [6.07, 6.45) is 0. The molecule has 112 valence electrons. The van der Waals surface area contributed by atoms with E-state index in [2.05, 4.69) is 5.32 Å². The van der Waals surface area contributed by atoms with Gasteiger partial charge in [0.05, 0.1) is 11.1 Å². The van der Waals surface area contributed by atoms with Crippen molar-refractivity contribution in [3.05, 3.63) is 69.8 Å². The first-order valence-electron chi connectivity index (χ1n) is 6.79. The second-order valence-electron chi connectivity index (χ2n) is 4.99. The number of amides is 1. The fraction of sp³-hybridized carbons (Fsp3) is 0.118. The van der Waals surface area contributed by atoms with Crippen LogP contribution < -0.4 is 5.32 Å². The van der Waals surface area contributed by atoms with Crippen LogP contribution in [-0.2, 0) is 0 Å². The summed E-state index contributed by atoms with van der Waals surface area (Å²) in [7, 11) is 0. The van der Waals surface area contributed by atoms with Crippen LogP contribution in [0.5, 0.6) is 0 Å². The van der Waals surface area contributed by atoms with E-state index in [-0.39, 0.29) is 17.8 Å². The van der Waals surface area contributed by atoms with E-state index in [1.807, 2.05) is 37.3 Å². The molecule has 1 atom stereocenters. The smallest absolute Gasteiger partial charge is 0.263 e. The SMILES string of the molecule is CC(NC(=O)c1sc2cc(F)ccc2c1Cl)c1ccccc1. The van der Waals surface area contributed by atoms with Crippen LogP contribution in [0.25, 0.3) is 10.1 Å². The van der Waals surface area contributed by atoms with E-state index in [0.29, 0.717) is 20.0 Å². The molecule has 0 aliphatic rings. The quantitative estimate of drug-likeness (QED) is 0.702. The van der Waals surface area contributed by atoms with Crippen LogP contribution >= 0.6 is 22.9 Å². The molecule has 5 heteroatoms. The third-order valence-corrected chi connectivity index (χ3v) is 5.10. The fourth-order valence-electron chi connectivity index (χ4n) is 2.27. The highest BCUT2D eigenvalue weighted by molar-refractivity contribution is 7.21. The van der Waals surface area contributed by atoms with Crippen molar-refractivity contribution < 1.29 is 9.18 Å². The van der Waals surface area contributed by atoms with Gasteiger partial charge in [-0.15, -0.1) is 11.3 Å². The average Bonchev–Trinajstić information content (AvgIpc) is 2.84. The molecular weight excluding hydrogens is 321 g/mol. The lowest BCUT2D eigenvalue weighted by molar-refractivity contribution is 0.0944. The summed E-state index contributed by atoms with van der Waals surface area (Å²) < 4.78 is 13.9. The zero-order valence-electron chi connectivity index (χ0n) is 11.8. The van der Waals surface area contributed by atoms with Gasteiger partial charge in [-0.3, -0.25) is 4.79 Å². The maximum atomic E-state index is 13.3. The Hall–Kier alpha value is -1.91. The van der Waals surface area contributed by atoms with Crippen molar-refractivity contribution >= 4 is 38.9 Å². The van der Waals surface area contributed by atoms with Gasteiger partial charge in [-0.25, -0.2) is 4.39 Å². The van der Waals surface area contributed by atoms with Gasteiger partial charge in [0.25, 0.3) is 5.91 Å². The number of hydrogen-bond acceptors (Lipinski definition) is 2. The van der Waals surface area contributed by atoms with E-state index in [1.54, 1.807) is 6.07 Å². The predicted octanol–water partition coefficient (Wildman–Crippen LogP) is 5.18. The zero-order valence-corrected chi connectivity index (χ0v) is 13.3. The van der Waals surface area contributed by atoms with E-state index in [9.17, 15) is 9.18 Å². The van der Waals surface area contributed by atoms with Gasteiger partial charge in [0.2, 0.25) is 0 Å². The average molecular weight is 334 g/mol. The summed E-state index contributed by atoms with van der Waals surface area (Å²) in [5, 5.41) is 3.99. The molecule has 1 amide bonds. The highest BCUT2D eigenvalue weighted by Crippen LogP contribution is 2.35. The summed E-state index contributed by atoms with van der Waals surface area (Å²) in [5.41, 5.74) is 1.01. The number of halogens is 2. The minimum absolute atomic E-state index is 0.133. The monoisotopic (exact) mass is 333 g/mol. The van der Waals surface area contributed by atoms with E-state index in [0.717, 1.165) is 5.56 Å². The first-order chi connectivity index (χ1) is 10.6. The summed E-state index contributed by atoms with van der Waals surface area (Å²) in [6.45, 7) is 1.91. The topological polar surface area (TPSA) is 29.1 Å². The Bertz CT molecular complexity index is 831. The molecule has 2 nitrogen and oxygen atoms in total. The van der Waals surface area contributed by atoms with Gasteiger partial charge in [0.15, 0.2) is 0 Å². The van der Waals surface area contributed by atoms with Gasteiger partial charge >= 0.3 is 0 Å². The van der Waals surface area contributed by atoms with Crippen molar-refractivity contribution in [2.75, 3.05) is 0 Å². The first-order valence-corrected chi connectivity index (χ1v) is 7.99. The fourth-order valence-corrected chi connectivity index (χ4v) is 3.72. The Morgan fingerprint density at radius 3 is 2.68 bits per heavy atom. The maximum absolute atomic E-state index is 13.3. The molecule has 0 fully saturated rings. The number of carbonyl (C=O) groups is 1. The lowest BCUT2D eigenvalue weighted by Gasteiger charge is -2.13. The number of fused-ring (bicyclic) bond motifs is 1. The molecule has 2 aromatic carbocycles. The summed E-state index contributed by atoms with van der Waals surface area (Å²) in [4.78, 5) is 12.8. The van der Waals surface area contributed by atoms with Crippen molar-refractivity contribution in [3.8, 4) is 0 Å². The molecule has 0 aliphatic carbocycles. The summed E-state index contributed by atoms with van der Waals surface area (Å²) in [5.74, 6) is -0.585. The highest BCUT2D eigenvalue weighted by Gasteiger charge is 2.19. The molecule has 22 heavy (non-hydrogen) atoms. The van der Waals surface area contributed by atoms with Gasteiger partial charge < -0.3 is 5.32 Å². The molecule has 1 N–H and O–H groups in total. The minimum atomic E-state index is -0.338. The van der Waals surface area contributed by atoms with Gasteiger partial charge in [-0.1, -0.05) is 41.9 Å². The minimum Gasteiger partial charge on any atom is -0.345 e. The van der Waals surface area contributed by atoms with E-state index >= 15 is 0 Å². The number of benzene rings is 2. The Labute approximate surface area is 136 Å². The van der Waals surface area contributed by atoms with Crippen LogP contribution in [0.4, 0.5) is 4.39 Å². The maximum Gasteiger partial charge on any atom is 0.263 e. The van der Waals surface area contributed by atoms with E-state index in [1.165, 1.54) is 23.5 Å². The summed E-state index contributed by atoms with van der Waals surface area (Å²) >= 11 is 7.46. The predicted molar refractivity (Wildman–Crippen MR) is 89.1 cm³/mol. The van der Waals surface area contributed by atoms with Crippen LogP contribution in [0.3, 0.4) is 0 Å². The van der Waals surface area contributed by atoms with Gasteiger partial charge in [0.1, 0.15) is 10.7 Å². The molecular formula is C17H13ClFNOS. The number of rotatable bonds is 3. The van der Waals surface area contributed by atoms with Crippen LogP contribution in [0.1, 0.15) is 28.2 Å². The highest BCUT2D eigenvalue weighted by atomic mass is 35.5. The van der Waals surface area contributed by atoms with Crippen molar-refractivity contribution in [2.24, 2.45) is 0 Å². The van der Waals surface area contributed by atoms with Crippen molar-refractivity contribution in [2.45, 2.75) is 13.0 Å². The molecule has 0 aliphatic heterocycles. The number of hydrogen-bond donors (Lipinski definition) is 1. The molecule has 1 aromatic heterocycles. The molecule has 0 saturated carbocycles. The second-order valence-corrected chi connectivity index (χ2v) is 6.42. The molecule has 1 unspecified atom stereocenters. The van der Waals surface area contributed by atoms with Crippen molar-refractivity contribution in [1.82, 2.24) is 5.32 Å². The Morgan fingerprint density at radius 1 is 1.23 bits per heavy atom. The standard InChI is InChI=1S/C17H13ClFNOS/c1-10(11-5-3-2-4-6-11)20-17(21)16-15(18)13-8-7-12(19)9-14(13)22-16/h2-10H,1H3,(H,20,21). The molecule has 0 bridgehead atoms. The van der Waals surface area contributed by atoms with E-state index in [4.69, 9.17) is 11.6 Å². The number of nitrogens with one attached hydrogen (secondary N) is 1. The Morgan fingerprint density at radius 2 is 1.95 bits per heavy atom. The number of carbonyl (C=O) groups excluding carboxylic acids is 1. The van der Waals surface area contributed by atoms with Gasteiger partial charge in [0, 0.05) is 10.1 Å². The molecule has 0 saturated heterocycles. The van der Waals surface area contributed by atoms with Crippen LogP contribution in [0.2, 0.25) is 5.02 Å². The van der Waals surface area contributed by atoms with Crippen molar-refractivity contribution in [1.29, 1.82) is 0 Å². The second kappa shape index (κ2) is 6.07. The third-order valence-electron chi connectivity index (χ3n) is 3.44. The first kappa shape index (κ1) is 15.0. The van der Waals surface area contributed by atoms with E-state index < -0.39 is 0 Å². The molecule has 0 radical (unpaired) electrons. The van der Waals surface area contributed by atoms with Gasteiger partial charge in [-0.2, -0.15) is 0 Å². The van der Waals surface area contributed by atoms with Crippen LogP contribution in [0.15, 0.2) is 48.5 Å². The largest absolute Gasteiger partial charge is 0.345 e. The molecule has 3 aromatic rings. The lowest BCUT2D eigenvalue weighted by Crippen LogP contribution is -2.26. The van der Waals surface area contributed by atoms with Crippen LogP contribution in [-0.4, -0.2) is 5.91 Å². The normalized spacial score (nSPS) is 12.3. The lowest BCUT2D eigenvalue weighted by atomic mass is 10.1. The molecule has 1 heterocycles. The van der Waals surface area contributed by atoms with Crippen molar-refractivity contribution in [3.63, 3.8) is 0 Å². The Balaban J connectivity index is 1.88.